The van der Waals surface area contributed by atoms with Gasteiger partial charge in [0.2, 0.25) is 0 Å². The molecule has 2 aromatic rings. The summed E-state index contributed by atoms with van der Waals surface area (Å²) in [7, 11) is 0. The van der Waals surface area contributed by atoms with E-state index in [-0.39, 0.29) is 18.4 Å². The van der Waals surface area contributed by atoms with Crippen LogP contribution >= 0.6 is 0 Å². The number of amides is 1. The molecule has 1 N–H and O–H groups in total. The Morgan fingerprint density at radius 2 is 1.71 bits per heavy atom. The maximum absolute atomic E-state index is 13.3. The molecular formula is C20H20F4N2O2. The van der Waals surface area contributed by atoms with Crippen molar-refractivity contribution in [3.8, 4) is 0 Å². The minimum Gasteiger partial charge on any atom is -0.379 e. The molecule has 0 aromatic heterocycles. The number of rotatable bonds is 5. The van der Waals surface area contributed by atoms with E-state index < -0.39 is 23.2 Å². The van der Waals surface area contributed by atoms with Gasteiger partial charge >= 0.3 is 6.18 Å². The third kappa shape index (κ3) is 4.88. The molecule has 1 heterocycles. The quantitative estimate of drug-likeness (QED) is 0.785. The summed E-state index contributed by atoms with van der Waals surface area (Å²) in [5.41, 5.74) is -0.625. The van der Waals surface area contributed by atoms with Gasteiger partial charge in [-0.15, -0.1) is 0 Å². The first-order valence-electron chi connectivity index (χ1n) is 8.88. The van der Waals surface area contributed by atoms with Crippen LogP contribution < -0.4 is 5.32 Å². The Labute approximate surface area is 160 Å². The zero-order chi connectivity index (χ0) is 20.1. The summed E-state index contributed by atoms with van der Waals surface area (Å²) in [5, 5.41) is 2.61. The standard InChI is InChI=1S/C20H20F4N2O2/c21-15-7-5-14(6-8-15)18(26-9-11-28-12-10-26)13-25-19(27)16-3-1-2-4-17(16)20(22,23)24/h1-8,18H,9-13H2,(H,25,27). The number of nitrogens with zero attached hydrogens (tertiary/aromatic N) is 1. The molecule has 1 amide bonds. The molecule has 1 atom stereocenters. The van der Waals surface area contributed by atoms with Gasteiger partial charge in [-0.3, -0.25) is 9.69 Å². The molecule has 28 heavy (non-hydrogen) atoms. The number of carbonyl (C=O) groups excluding carboxylic acids is 1. The highest BCUT2D eigenvalue weighted by Crippen LogP contribution is 2.32. The maximum Gasteiger partial charge on any atom is 0.417 e. The minimum atomic E-state index is -4.62. The summed E-state index contributed by atoms with van der Waals surface area (Å²) in [5.74, 6) is -1.18. The lowest BCUT2D eigenvalue weighted by molar-refractivity contribution is -0.137. The van der Waals surface area contributed by atoms with E-state index in [2.05, 4.69) is 10.2 Å². The van der Waals surface area contributed by atoms with E-state index in [0.29, 0.717) is 26.3 Å². The Hall–Kier alpha value is -2.45. The molecule has 1 fully saturated rings. The van der Waals surface area contributed by atoms with Crippen LogP contribution in [0.2, 0.25) is 0 Å². The molecule has 0 bridgehead atoms. The van der Waals surface area contributed by atoms with Gasteiger partial charge in [-0.05, 0) is 29.8 Å². The molecule has 4 nitrogen and oxygen atoms in total. The highest BCUT2D eigenvalue weighted by molar-refractivity contribution is 5.95. The van der Waals surface area contributed by atoms with E-state index in [1.807, 2.05) is 0 Å². The smallest absolute Gasteiger partial charge is 0.379 e. The summed E-state index contributed by atoms with van der Waals surface area (Å²) in [4.78, 5) is 14.5. The number of hydrogen-bond donors (Lipinski definition) is 1. The monoisotopic (exact) mass is 396 g/mol. The Morgan fingerprint density at radius 3 is 2.36 bits per heavy atom. The van der Waals surface area contributed by atoms with Gasteiger partial charge in [-0.2, -0.15) is 13.2 Å². The number of nitrogens with one attached hydrogen (secondary N) is 1. The lowest BCUT2D eigenvalue weighted by Gasteiger charge is -2.35. The Kier molecular flexibility index (Phi) is 6.31. The first kappa shape index (κ1) is 20.3. The number of ether oxygens (including phenoxy) is 1. The molecule has 0 radical (unpaired) electrons. The van der Waals surface area contributed by atoms with Crippen molar-refractivity contribution < 1.29 is 27.1 Å². The second kappa shape index (κ2) is 8.70. The van der Waals surface area contributed by atoms with E-state index in [9.17, 15) is 22.4 Å². The summed E-state index contributed by atoms with van der Waals surface area (Å²) >= 11 is 0. The summed E-state index contributed by atoms with van der Waals surface area (Å²) in [6.45, 7) is 2.34. The SMILES string of the molecule is O=C(NCC(c1ccc(F)cc1)N1CCOCC1)c1ccccc1C(F)(F)F. The van der Waals surface area contributed by atoms with E-state index in [0.717, 1.165) is 17.7 Å². The average molecular weight is 396 g/mol. The summed E-state index contributed by atoms with van der Waals surface area (Å²) in [6.07, 6.45) is -4.62. The van der Waals surface area contributed by atoms with Crippen LogP contribution in [0.5, 0.6) is 0 Å². The molecule has 8 heteroatoms. The van der Waals surface area contributed by atoms with Crippen LogP contribution in [0.4, 0.5) is 17.6 Å². The normalized spacial score (nSPS) is 16.6. The number of morpholine rings is 1. The fraction of sp³-hybridized carbons (Fsp3) is 0.350. The van der Waals surface area contributed by atoms with Crippen LogP contribution in [-0.4, -0.2) is 43.7 Å². The van der Waals surface area contributed by atoms with Crippen LogP contribution in [0.25, 0.3) is 0 Å². The minimum absolute atomic E-state index is 0.0939. The predicted molar refractivity (Wildman–Crippen MR) is 95.3 cm³/mol. The van der Waals surface area contributed by atoms with Gasteiger partial charge in [-0.25, -0.2) is 4.39 Å². The van der Waals surface area contributed by atoms with Gasteiger partial charge in [-0.1, -0.05) is 24.3 Å². The maximum atomic E-state index is 13.3. The van der Waals surface area contributed by atoms with E-state index in [1.54, 1.807) is 12.1 Å². The van der Waals surface area contributed by atoms with Crippen molar-refractivity contribution in [1.29, 1.82) is 0 Å². The lowest BCUT2D eigenvalue weighted by Crippen LogP contribution is -2.44. The first-order valence-corrected chi connectivity index (χ1v) is 8.88. The summed E-state index contributed by atoms with van der Waals surface area (Å²) in [6, 6.07) is 10.3. The largest absolute Gasteiger partial charge is 0.417 e. The average Bonchev–Trinajstić information content (AvgIpc) is 2.69. The lowest BCUT2D eigenvalue weighted by atomic mass is 10.0. The van der Waals surface area contributed by atoms with Crippen LogP contribution in [0.15, 0.2) is 48.5 Å². The van der Waals surface area contributed by atoms with Crippen molar-refractivity contribution in [2.45, 2.75) is 12.2 Å². The van der Waals surface area contributed by atoms with E-state index >= 15 is 0 Å². The van der Waals surface area contributed by atoms with Crippen LogP contribution in [-0.2, 0) is 10.9 Å². The highest BCUT2D eigenvalue weighted by atomic mass is 19.4. The third-order valence-electron chi connectivity index (χ3n) is 4.67. The van der Waals surface area contributed by atoms with Crippen molar-refractivity contribution in [2.24, 2.45) is 0 Å². The second-order valence-corrected chi connectivity index (χ2v) is 6.47. The number of carbonyl (C=O) groups is 1. The number of benzene rings is 2. The highest BCUT2D eigenvalue weighted by Gasteiger charge is 2.35. The van der Waals surface area contributed by atoms with Crippen LogP contribution in [0, 0.1) is 5.82 Å². The van der Waals surface area contributed by atoms with Gasteiger partial charge in [0.1, 0.15) is 5.82 Å². The van der Waals surface area contributed by atoms with Gasteiger partial charge in [0.25, 0.3) is 5.91 Å². The van der Waals surface area contributed by atoms with Crippen molar-refractivity contribution >= 4 is 5.91 Å². The summed E-state index contributed by atoms with van der Waals surface area (Å²) < 4.78 is 58.1. The molecule has 1 saturated heterocycles. The van der Waals surface area contributed by atoms with Gasteiger partial charge in [0, 0.05) is 19.6 Å². The van der Waals surface area contributed by atoms with Crippen LogP contribution in [0.1, 0.15) is 27.5 Å². The molecule has 150 valence electrons. The fourth-order valence-electron chi connectivity index (χ4n) is 3.24. The number of alkyl halides is 3. The number of hydrogen-bond acceptors (Lipinski definition) is 3. The molecule has 1 aliphatic rings. The van der Waals surface area contributed by atoms with Crippen molar-refractivity contribution in [1.82, 2.24) is 10.2 Å². The topological polar surface area (TPSA) is 41.6 Å². The van der Waals surface area contributed by atoms with Gasteiger partial charge in [0.05, 0.1) is 30.4 Å². The number of halogens is 4. The molecule has 2 aromatic carbocycles. The van der Waals surface area contributed by atoms with Crippen molar-refractivity contribution in [3.63, 3.8) is 0 Å². The first-order chi connectivity index (χ1) is 13.4. The van der Waals surface area contributed by atoms with Crippen molar-refractivity contribution in [3.05, 3.63) is 71.0 Å². The Balaban J connectivity index is 1.78. The van der Waals surface area contributed by atoms with E-state index in [1.165, 1.54) is 24.3 Å². The molecule has 0 saturated carbocycles. The Bertz CT molecular complexity index is 803. The Morgan fingerprint density at radius 1 is 1.07 bits per heavy atom. The van der Waals surface area contributed by atoms with Crippen molar-refractivity contribution in [2.75, 3.05) is 32.8 Å². The molecule has 1 unspecified atom stereocenters. The van der Waals surface area contributed by atoms with Crippen LogP contribution in [0.3, 0.4) is 0 Å². The molecular weight excluding hydrogens is 376 g/mol. The second-order valence-electron chi connectivity index (χ2n) is 6.47. The molecule has 1 aliphatic heterocycles. The third-order valence-corrected chi connectivity index (χ3v) is 4.67. The molecule has 3 rings (SSSR count). The van der Waals surface area contributed by atoms with Gasteiger partial charge < -0.3 is 10.1 Å². The van der Waals surface area contributed by atoms with E-state index in [4.69, 9.17) is 4.74 Å². The molecule has 0 spiro atoms. The fourth-order valence-corrected chi connectivity index (χ4v) is 3.24. The zero-order valence-corrected chi connectivity index (χ0v) is 15.0. The predicted octanol–water partition coefficient (Wildman–Crippen LogP) is 3.65. The zero-order valence-electron chi connectivity index (χ0n) is 15.0. The molecule has 0 aliphatic carbocycles. The van der Waals surface area contributed by atoms with Gasteiger partial charge in [0.15, 0.2) is 0 Å².